The fourth-order valence-corrected chi connectivity index (χ4v) is 2.54. The maximum Gasteiger partial charge on any atom is 0.255 e. The molecule has 0 heterocycles. The lowest BCUT2D eigenvalue weighted by atomic mass is 10.1. The summed E-state index contributed by atoms with van der Waals surface area (Å²) in [6.07, 6.45) is 0.673. The number of carbonyl (C=O) groups is 2. The highest BCUT2D eigenvalue weighted by Crippen LogP contribution is 2.38. The van der Waals surface area contributed by atoms with Crippen LogP contribution >= 0.6 is 0 Å². The number of ether oxygens (including phenoxy) is 4. The Morgan fingerprint density at radius 1 is 1.03 bits per heavy atom. The van der Waals surface area contributed by atoms with Gasteiger partial charge in [0.05, 0.1) is 20.8 Å². The molecule has 0 atom stereocenters. The van der Waals surface area contributed by atoms with Crippen molar-refractivity contribution < 1.29 is 28.5 Å². The van der Waals surface area contributed by atoms with E-state index >= 15 is 0 Å². The zero-order valence-corrected chi connectivity index (χ0v) is 16.6. The summed E-state index contributed by atoms with van der Waals surface area (Å²) in [6, 6.07) is 12.9. The molecule has 0 aromatic heterocycles. The maximum absolute atomic E-state index is 12.4. The van der Waals surface area contributed by atoms with Crippen molar-refractivity contribution in [1.29, 1.82) is 0 Å². The summed E-state index contributed by atoms with van der Waals surface area (Å²) in [5.74, 6) is -0.180. The van der Waals surface area contributed by atoms with Gasteiger partial charge in [0.25, 0.3) is 11.8 Å². The molecule has 2 aromatic rings. The average Bonchev–Trinajstić information content (AvgIpc) is 2.74. The van der Waals surface area contributed by atoms with Crippen molar-refractivity contribution in [2.24, 2.45) is 5.73 Å². The van der Waals surface area contributed by atoms with Crippen molar-refractivity contribution in [2.75, 3.05) is 34.0 Å². The number of hydrogen-bond donors (Lipinski definition) is 2. The van der Waals surface area contributed by atoms with Crippen LogP contribution in [0, 0.1) is 0 Å². The zero-order valence-electron chi connectivity index (χ0n) is 16.6. The molecule has 156 valence electrons. The Kier molecular flexibility index (Phi) is 8.78. The first kappa shape index (κ1) is 22.0. The predicted molar refractivity (Wildman–Crippen MR) is 107 cm³/mol. The molecule has 0 saturated heterocycles. The summed E-state index contributed by atoms with van der Waals surface area (Å²) in [6.45, 7) is 1.19. The molecule has 0 aliphatic heterocycles. The van der Waals surface area contributed by atoms with Crippen LogP contribution in [0.5, 0.6) is 17.2 Å². The quantitative estimate of drug-likeness (QED) is 0.525. The highest BCUT2D eigenvalue weighted by atomic mass is 16.5. The molecule has 0 fully saturated rings. The Bertz CT molecular complexity index is 785. The first-order chi connectivity index (χ1) is 14.0. The van der Waals surface area contributed by atoms with Crippen molar-refractivity contribution in [3.8, 4) is 17.2 Å². The fourth-order valence-electron chi connectivity index (χ4n) is 2.54. The van der Waals surface area contributed by atoms with Gasteiger partial charge in [-0.1, -0.05) is 30.3 Å². The standard InChI is InChI=1S/C21H26N2O6/c1-26-17-11-16(12-18(27-2)20(17)29-14-19(22)24)21(25)23-9-6-10-28-13-15-7-4-3-5-8-15/h3-5,7-8,11-12H,6,9-10,13-14H2,1-2H3,(H2,22,24)(H,23,25). The van der Waals surface area contributed by atoms with Gasteiger partial charge in [-0.25, -0.2) is 0 Å². The monoisotopic (exact) mass is 402 g/mol. The van der Waals surface area contributed by atoms with Gasteiger partial charge in [0.2, 0.25) is 5.75 Å². The minimum atomic E-state index is -0.634. The van der Waals surface area contributed by atoms with Crippen LogP contribution in [0.15, 0.2) is 42.5 Å². The summed E-state index contributed by atoms with van der Waals surface area (Å²) in [4.78, 5) is 23.4. The molecule has 0 saturated carbocycles. The number of benzene rings is 2. The van der Waals surface area contributed by atoms with Crippen LogP contribution in [0.25, 0.3) is 0 Å². The molecule has 2 aromatic carbocycles. The zero-order chi connectivity index (χ0) is 21.1. The molecule has 3 N–H and O–H groups in total. The van der Waals surface area contributed by atoms with Crippen molar-refractivity contribution in [2.45, 2.75) is 13.0 Å². The maximum atomic E-state index is 12.4. The fraction of sp³-hybridized carbons (Fsp3) is 0.333. The van der Waals surface area contributed by atoms with E-state index in [-0.39, 0.29) is 29.8 Å². The SMILES string of the molecule is COc1cc(C(=O)NCCCOCc2ccccc2)cc(OC)c1OCC(N)=O. The molecule has 29 heavy (non-hydrogen) atoms. The van der Waals surface area contributed by atoms with Crippen LogP contribution in [-0.2, 0) is 16.1 Å². The van der Waals surface area contributed by atoms with Crippen LogP contribution in [0.2, 0.25) is 0 Å². The van der Waals surface area contributed by atoms with Gasteiger partial charge in [0.15, 0.2) is 18.1 Å². The summed E-state index contributed by atoms with van der Waals surface area (Å²) in [5, 5.41) is 2.82. The van der Waals surface area contributed by atoms with Crippen LogP contribution in [0.3, 0.4) is 0 Å². The Morgan fingerprint density at radius 2 is 1.69 bits per heavy atom. The van der Waals surface area contributed by atoms with E-state index in [0.717, 1.165) is 5.56 Å². The molecule has 0 radical (unpaired) electrons. The first-order valence-electron chi connectivity index (χ1n) is 9.12. The molecule has 0 aliphatic carbocycles. The second kappa shape index (κ2) is 11.6. The molecule has 0 aliphatic rings. The number of hydrogen-bond acceptors (Lipinski definition) is 6. The first-order valence-corrected chi connectivity index (χ1v) is 9.12. The van der Waals surface area contributed by atoms with Gasteiger partial charge < -0.3 is 30.0 Å². The molecule has 0 spiro atoms. The second-order valence-electron chi connectivity index (χ2n) is 6.11. The van der Waals surface area contributed by atoms with Gasteiger partial charge in [-0.15, -0.1) is 0 Å². The normalized spacial score (nSPS) is 10.3. The van der Waals surface area contributed by atoms with E-state index in [4.69, 9.17) is 24.7 Å². The summed E-state index contributed by atoms with van der Waals surface area (Å²) in [5.41, 5.74) is 6.55. The van der Waals surface area contributed by atoms with Gasteiger partial charge in [-0.3, -0.25) is 9.59 Å². The lowest BCUT2D eigenvalue weighted by Gasteiger charge is -2.15. The van der Waals surface area contributed by atoms with E-state index in [0.29, 0.717) is 31.7 Å². The lowest BCUT2D eigenvalue weighted by Crippen LogP contribution is -2.25. The Hall–Kier alpha value is -3.26. The number of primary amides is 1. The molecule has 2 amide bonds. The van der Waals surface area contributed by atoms with E-state index in [9.17, 15) is 9.59 Å². The van der Waals surface area contributed by atoms with Gasteiger partial charge >= 0.3 is 0 Å². The molecular weight excluding hydrogens is 376 g/mol. The molecule has 8 heteroatoms. The Balaban J connectivity index is 1.86. The minimum Gasteiger partial charge on any atom is -0.493 e. The van der Waals surface area contributed by atoms with Crippen LogP contribution in [-0.4, -0.2) is 45.8 Å². The van der Waals surface area contributed by atoms with Crippen LogP contribution in [0.4, 0.5) is 0 Å². The van der Waals surface area contributed by atoms with Crippen molar-refractivity contribution in [1.82, 2.24) is 5.32 Å². The minimum absolute atomic E-state index is 0.208. The highest BCUT2D eigenvalue weighted by Gasteiger charge is 2.18. The number of nitrogens with one attached hydrogen (secondary N) is 1. The topological polar surface area (TPSA) is 109 Å². The van der Waals surface area contributed by atoms with E-state index in [2.05, 4.69) is 5.32 Å². The van der Waals surface area contributed by atoms with E-state index in [1.165, 1.54) is 26.4 Å². The van der Waals surface area contributed by atoms with Crippen molar-refractivity contribution in [3.63, 3.8) is 0 Å². The summed E-state index contributed by atoms with van der Waals surface area (Å²) < 4.78 is 21.4. The Morgan fingerprint density at radius 3 is 2.28 bits per heavy atom. The molecule has 2 rings (SSSR count). The number of carbonyl (C=O) groups excluding carboxylic acids is 2. The van der Waals surface area contributed by atoms with Gasteiger partial charge in [-0.05, 0) is 24.1 Å². The van der Waals surface area contributed by atoms with Crippen molar-refractivity contribution in [3.05, 3.63) is 53.6 Å². The smallest absolute Gasteiger partial charge is 0.255 e. The lowest BCUT2D eigenvalue weighted by molar-refractivity contribution is -0.120. The number of methoxy groups -OCH3 is 2. The van der Waals surface area contributed by atoms with E-state index < -0.39 is 5.91 Å². The molecule has 8 nitrogen and oxygen atoms in total. The number of amides is 2. The van der Waals surface area contributed by atoms with Gasteiger partial charge in [0.1, 0.15) is 0 Å². The van der Waals surface area contributed by atoms with Crippen LogP contribution in [0.1, 0.15) is 22.3 Å². The summed E-state index contributed by atoms with van der Waals surface area (Å²) in [7, 11) is 2.86. The largest absolute Gasteiger partial charge is 0.493 e. The third kappa shape index (κ3) is 7.00. The van der Waals surface area contributed by atoms with Crippen molar-refractivity contribution >= 4 is 11.8 Å². The van der Waals surface area contributed by atoms with E-state index in [1.807, 2.05) is 30.3 Å². The Labute approximate surface area is 169 Å². The second-order valence-corrected chi connectivity index (χ2v) is 6.11. The average molecular weight is 402 g/mol. The number of nitrogens with two attached hydrogens (primary N) is 1. The van der Waals surface area contributed by atoms with Gasteiger partial charge in [0, 0.05) is 18.7 Å². The highest BCUT2D eigenvalue weighted by molar-refractivity contribution is 5.95. The predicted octanol–water partition coefficient (Wildman–Crippen LogP) is 1.90. The van der Waals surface area contributed by atoms with Gasteiger partial charge in [-0.2, -0.15) is 0 Å². The van der Waals surface area contributed by atoms with E-state index in [1.54, 1.807) is 0 Å². The third-order valence-corrected chi connectivity index (χ3v) is 3.94. The summed E-state index contributed by atoms with van der Waals surface area (Å²) >= 11 is 0. The molecular formula is C21H26N2O6. The third-order valence-electron chi connectivity index (χ3n) is 3.94. The number of rotatable bonds is 12. The molecule has 0 unspecified atom stereocenters. The molecule has 0 bridgehead atoms. The van der Waals surface area contributed by atoms with Crippen LogP contribution < -0.4 is 25.3 Å².